The van der Waals surface area contributed by atoms with Crippen LogP contribution in [-0.4, -0.2) is 22.6 Å². The van der Waals surface area contributed by atoms with Gasteiger partial charge in [0.25, 0.3) is 0 Å². The maximum Gasteiger partial charge on any atom is 0.365 e. The van der Waals surface area contributed by atoms with Crippen molar-refractivity contribution in [2.24, 2.45) is 0 Å². The number of rotatable bonds is 1. The average molecular weight is 184 g/mol. The molecule has 0 saturated heterocycles. The van der Waals surface area contributed by atoms with Gasteiger partial charge in [-0.25, -0.2) is 9.78 Å². The van der Waals surface area contributed by atoms with Crippen LogP contribution in [0.4, 0.5) is 5.00 Å². The van der Waals surface area contributed by atoms with Crippen molar-refractivity contribution in [2.75, 3.05) is 11.9 Å². The number of nitrogens with one attached hydrogen (secondary N) is 1. The molecule has 0 spiro atoms. The number of fused-ring (bicyclic) bond motifs is 1. The lowest BCUT2D eigenvalue weighted by Crippen LogP contribution is -2.09. The van der Waals surface area contributed by atoms with E-state index in [9.17, 15) is 4.79 Å². The largest absolute Gasteiger partial charge is 0.476 e. The Labute approximate surface area is 73.3 Å². The zero-order valence-electron chi connectivity index (χ0n) is 6.33. The SMILES string of the molecule is O=C(O)c1nc2c(s1)NCCC2. The molecule has 0 aromatic carbocycles. The van der Waals surface area contributed by atoms with Crippen LogP contribution >= 0.6 is 11.3 Å². The highest BCUT2D eigenvalue weighted by Gasteiger charge is 2.17. The number of aryl methyl sites for hydroxylation is 1. The number of thiazole rings is 1. The first-order valence-electron chi connectivity index (χ1n) is 3.74. The molecule has 1 aliphatic rings. The molecule has 0 radical (unpaired) electrons. The molecular formula is C7H8N2O2S. The Morgan fingerprint density at radius 2 is 2.50 bits per heavy atom. The number of aromatic carboxylic acids is 1. The van der Waals surface area contributed by atoms with E-state index in [0.717, 1.165) is 30.1 Å². The van der Waals surface area contributed by atoms with Crippen LogP contribution in [0, 0.1) is 0 Å². The molecule has 5 heteroatoms. The van der Waals surface area contributed by atoms with Crippen LogP contribution in [0.2, 0.25) is 0 Å². The van der Waals surface area contributed by atoms with Crippen molar-refractivity contribution in [1.29, 1.82) is 0 Å². The average Bonchev–Trinajstić information content (AvgIpc) is 2.46. The van der Waals surface area contributed by atoms with E-state index >= 15 is 0 Å². The lowest BCUT2D eigenvalue weighted by Gasteiger charge is -2.10. The van der Waals surface area contributed by atoms with Crippen LogP contribution in [0.1, 0.15) is 21.9 Å². The van der Waals surface area contributed by atoms with Crippen molar-refractivity contribution in [3.63, 3.8) is 0 Å². The number of aromatic nitrogens is 1. The number of anilines is 1. The topological polar surface area (TPSA) is 62.2 Å². The minimum Gasteiger partial charge on any atom is -0.476 e. The Morgan fingerprint density at radius 3 is 3.17 bits per heavy atom. The summed E-state index contributed by atoms with van der Waals surface area (Å²) < 4.78 is 0. The summed E-state index contributed by atoms with van der Waals surface area (Å²) in [6.07, 6.45) is 1.93. The number of carboxylic acids is 1. The molecule has 0 unspecified atom stereocenters. The van der Waals surface area contributed by atoms with Crippen LogP contribution in [0.3, 0.4) is 0 Å². The van der Waals surface area contributed by atoms with E-state index in [-0.39, 0.29) is 5.01 Å². The number of hydrogen-bond donors (Lipinski definition) is 2. The van der Waals surface area contributed by atoms with Gasteiger partial charge in [-0.2, -0.15) is 0 Å². The molecule has 0 fully saturated rings. The van der Waals surface area contributed by atoms with E-state index in [1.165, 1.54) is 11.3 Å². The summed E-state index contributed by atoms with van der Waals surface area (Å²) in [6, 6.07) is 0. The van der Waals surface area contributed by atoms with Gasteiger partial charge in [0.05, 0.1) is 5.69 Å². The van der Waals surface area contributed by atoms with Gasteiger partial charge in [0.2, 0.25) is 5.01 Å². The summed E-state index contributed by atoms with van der Waals surface area (Å²) >= 11 is 1.22. The summed E-state index contributed by atoms with van der Waals surface area (Å²) in [5.74, 6) is -0.934. The smallest absolute Gasteiger partial charge is 0.365 e. The van der Waals surface area contributed by atoms with E-state index < -0.39 is 5.97 Å². The fourth-order valence-corrected chi connectivity index (χ4v) is 2.08. The summed E-state index contributed by atoms with van der Waals surface area (Å²) in [5.41, 5.74) is 0.906. The third kappa shape index (κ3) is 1.16. The van der Waals surface area contributed by atoms with Crippen molar-refractivity contribution in [3.8, 4) is 0 Å². The molecule has 0 aliphatic carbocycles. The zero-order valence-corrected chi connectivity index (χ0v) is 7.15. The fraction of sp³-hybridized carbons (Fsp3) is 0.429. The first-order valence-corrected chi connectivity index (χ1v) is 4.56. The van der Waals surface area contributed by atoms with Crippen LogP contribution in [0.25, 0.3) is 0 Å². The Balaban J connectivity index is 2.38. The number of hydrogen-bond acceptors (Lipinski definition) is 4. The van der Waals surface area contributed by atoms with Gasteiger partial charge in [-0.3, -0.25) is 0 Å². The van der Waals surface area contributed by atoms with Crippen LogP contribution in [0.5, 0.6) is 0 Å². The van der Waals surface area contributed by atoms with Crippen LogP contribution < -0.4 is 5.32 Å². The number of carboxylic acid groups (broad SMARTS) is 1. The molecule has 64 valence electrons. The molecule has 2 N–H and O–H groups in total. The van der Waals surface area contributed by atoms with Crippen molar-refractivity contribution in [2.45, 2.75) is 12.8 Å². The molecule has 0 atom stereocenters. The summed E-state index contributed by atoms with van der Waals surface area (Å²) in [6.45, 7) is 0.925. The Kier molecular flexibility index (Phi) is 1.73. The van der Waals surface area contributed by atoms with Crippen molar-refractivity contribution in [1.82, 2.24) is 4.98 Å². The first-order chi connectivity index (χ1) is 5.77. The standard InChI is InChI=1S/C7H8N2O2S/c10-7(11)6-9-4-2-1-3-8-5(4)12-6/h8H,1-3H2,(H,10,11). The lowest BCUT2D eigenvalue weighted by atomic mass is 10.2. The Hall–Kier alpha value is -1.10. The van der Waals surface area contributed by atoms with Gasteiger partial charge < -0.3 is 10.4 Å². The second-order valence-corrected chi connectivity index (χ2v) is 3.63. The second-order valence-electron chi connectivity index (χ2n) is 2.63. The third-order valence-electron chi connectivity index (χ3n) is 1.76. The molecule has 0 bridgehead atoms. The fourth-order valence-electron chi connectivity index (χ4n) is 1.21. The molecule has 0 amide bonds. The zero-order chi connectivity index (χ0) is 8.55. The van der Waals surface area contributed by atoms with Gasteiger partial charge in [0, 0.05) is 6.54 Å². The predicted molar refractivity (Wildman–Crippen MR) is 45.9 cm³/mol. The molecule has 2 rings (SSSR count). The van der Waals surface area contributed by atoms with Crippen LogP contribution in [-0.2, 0) is 6.42 Å². The van der Waals surface area contributed by atoms with Gasteiger partial charge in [0.15, 0.2) is 0 Å². The minimum absolute atomic E-state index is 0.189. The molecule has 1 aromatic rings. The van der Waals surface area contributed by atoms with Gasteiger partial charge in [-0.15, -0.1) is 0 Å². The predicted octanol–water partition coefficient (Wildman–Crippen LogP) is 1.20. The summed E-state index contributed by atoms with van der Waals surface area (Å²) in [7, 11) is 0. The molecular weight excluding hydrogens is 176 g/mol. The number of nitrogens with zero attached hydrogens (tertiary/aromatic N) is 1. The maximum atomic E-state index is 10.5. The second kappa shape index (κ2) is 2.75. The molecule has 4 nitrogen and oxygen atoms in total. The summed E-state index contributed by atoms with van der Waals surface area (Å²) in [4.78, 5) is 14.5. The normalized spacial score (nSPS) is 15.0. The highest BCUT2D eigenvalue weighted by Crippen LogP contribution is 2.28. The molecule has 0 saturated carbocycles. The van der Waals surface area contributed by atoms with Crippen molar-refractivity contribution >= 4 is 22.3 Å². The van der Waals surface area contributed by atoms with Gasteiger partial charge in [-0.1, -0.05) is 11.3 Å². The van der Waals surface area contributed by atoms with Gasteiger partial charge in [0.1, 0.15) is 5.00 Å². The van der Waals surface area contributed by atoms with E-state index in [0.29, 0.717) is 0 Å². The van der Waals surface area contributed by atoms with E-state index in [4.69, 9.17) is 5.11 Å². The Morgan fingerprint density at radius 1 is 1.67 bits per heavy atom. The molecule has 1 aromatic heterocycles. The third-order valence-corrected chi connectivity index (χ3v) is 2.80. The highest BCUT2D eigenvalue weighted by molar-refractivity contribution is 7.17. The highest BCUT2D eigenvalue weighted by atomic mass is 32.1. The van der Waals surface area contributed by atoms with Gasteiger partial charge in [-0.05, 0) is 12.8 Å². The van der Waals surface area contributed by atoms with E-state index in [1.54, 1.807) is 0 Å². The summed E-state index contributed by atoms with van der Waals surface area (Å²) in [5, 5.41) is 12.9. The van der Waals surface area contributed by atoms with Crippen molar-refractivity contribution in [3.05, 3.63) is 10.7 Å². The maximum absolute atomic E-state index is 10.5. The van der Waals surface area contributed by atoms with E-state index in [2.05, 4.69) is 10.3 Å². The minimum atomic E-state index is -0.934. The van der Waals surface area contributed by atoms with Crippen LogP contribution in [0.15, 0.2) is 0 Å². The number of carbonyl (C=O) groups is 1. The molecule has 12 heavy (non-hydrogen) atoms. The lowest BCUT2D eigenvalue weighted by molar-refractivity contribution is 0.0696. The van der Waals surface area contributed by atoms with E-state index in [1.807, 2.05) is 0 Å². The quantitative estimate of drug-likeness (QED) is 0.688. The Bertz CT molecular complexity index is 298. The van der Waals surface area contributed by atoms with Crippen molar-refractivity contribution < 1.29 is 9.90 Å². The monoisotopic (exact) mass is 184 g/mol. The molecule has 2 heterocycles. The first kappa shape index (κ1) is 7.54. The van der Waals surface area contributed by atoms with Gasteiger partial charge >= 0.3 is 5.97 Å². The molecule has 1 aliphatic heterocycles.